The minimum atomic E-state index is 0.288. The zero-order valence-electron chi connectivity index (χ0n) is 14.7. The monoisotopic (exact) mass is 387 g/mol. The second-order valence-electron chi connectivity index (χ2n) is 5.83. The number of anilines is 4. The van der Waals surface area contributed by atoms with E-state index in [-0.39, 0.29) is 6.01 Å². The highest BCUT2D eigenvalue weighted by Crippen LogP contribution is 2.40. The van der Waals surface area contributed by atoms with Gasteiger partial charge in [-0.05, 0) is 18.2 Å². The van der Waals surface area contributed by atoms with Crippen molar-refractivity contribution in [1.82, 2.24) is 15.2 Å². The number of morpholine rings is 1. The van der Waals surface area contributed by atoms with Crippen molar-refractivity contribution in [2.45, 2.75) is 0 Å². The molecule has 1 fully saturated rings. The number of benzene rings is 1. The van der Waals surface area contributed by atoms with Gasteiger partial charge >= 0.3 is 6.01 Å². The van der Waals surface area contributed by atoms with E-state index in [2.05, 4.69) is 20.1 Å². The molecule has 0 saturated carbocycles. The number of ether oxygens (including phenoxy) is 2. The first kappa shape index (κ1) is 17.6. The third-order valence-electron chi connectivity index (χ3n) is 4.24. The Kier molecular flexibility index (Phi) is 5.08. The molecule has 140 valence electrons. The third-order valence-corrected chi connectivity index (χ3v) is 4.52. The van der Waals surface area contributed by atoms with E-state index in [1.807, 2.05) is 30.3 Å². The third kappa shape index (κ3) is 3.54. The number of aromatic nitrogens is 3. The topological polar surface area (TPSA) is 76.8 Å². The second-order valence-corrected chi connectivity index (χ2v) is 6.23. The molecule has 8 nitrogen and oxygen atoms in total. The van der Waals surface area contributed by atoms with E-state index in [0.29, 0.717) is 29.7 Å². The first-order valence-corrected chi connectivity index (χ1v) is 8.83. The van der Waals surface area contributed by atoms with Gasteiger partial charge in [-0.25, -0.2) is 4.98 Å². The van der Waals surface area contributed by atoms with Gasteiger partial charge in [-0.3, -0.25) is 4.90 Å². The molecule has 1 saturated heterocycles. The molecule has 1 aliphatic heterocycles. The average molecular weight is 388 g/mol. The number of hydrogen-bond donors (Lipinski definition) is 0. The van der Waals surface area contributed by atoms with Crippen LogP contribution in [-0.4, -0.2) is 48.6 Å². The van der Waals surface area contributed by atoms with Gasteiger partial charge in [0.05, 0.1) is 42.9 Å². The molecule has 2 aromatic heterocycles. The average Bonchev–Trinajstić information content (AvgIpc) is 3.24. The highest BCUT2D eigenvalue weighted by molar-refractivity contribution is 6.33. The predicted octanol–water partition coefficient (Wildman–Crippen LogP) is 3.43. The van der Waals surface area contributed by atoms with Crippen molar-refractivity contribution in [3.05, 3.63) is 47.9 Å². The lowest BCUT2D eigenvalue weighted by molar-refractivity contribution is 0.122. The van der Waals surface area contributed by atoms with Crippen molar-refractivity contribution in [1.29, 1.82) is 0 Å². The first-order chi connectivity index (χ1) is 13.3. The number of hydrogen-bond acceptors (Lipinski definition) is 8. The van der Waals surface area contributed by atoms with E-state index >= 15 is 0 Å². The lowest BCUT2D eigenvalue weighted by atomic mass is 10.2. The smallest absolute Gasteiger partial charge is 0.327 e. The maximum atomic E-state index is 6.56. The Labute approximate surface area is 161 Å². The molecule has 1 aliphatic rings. The molecule has 0 spiro atoms. The lowest BCUT2D eigenvalue weighted by Gasteiger charge is -2.29. The van der Waals surface area contributed by atoms with Crippen molar-refractivity contribution in [3.63, 3.8) is 0 Å². The molecule has 3 heterocycles. The van der Waals surface area contributed by atoms with Gasteiger partial charge in [-0.15, -0.1) is 5.10 Å². The zero-order valence-corrected chi connectivity index (χ0v) is 15.5. The number of halogens is 1. The van der Waals surface area contributed by atoms with Crippen LogP contribution in [0.15, 0.2) is 47.3 Å². The van der Waals surface area contributed by atoms with E-state index < -0.39 is 0 Å². The summed E-state index contributed by atoms with van der Waals surface area (Å²) in [6.45, 7) is 2.84. The highest BCUT2D eigenvalue weighted by Gasteiger charge is 2.23. The summed E-state index contributed by atoms with van der Waals surface area (Å²) in [7, 11) is 1.61. The fourth-order valence-electron chi connectivity index (χ4n) is 2.98. The Morgan fingerprint density at radius 2 is 2.04 bits per heavy atom. The van der Waals surface area contributed by atoms with Crippen LogP contribution in [0.2, 0.25) is 5.02 Å². The maximum Gasteiger partial charge on any atom is 0.327 e. The quantitative estimate of drug-likeness (QED) is 0.659. The van der Waals surface area contributed by atoms with Gasteiger partial charge in [0.2, 0.25) is 6.39 Å². The molecule has 0 unspecified atom stereocenters. The predicted molar refractivity (Wildman–Crippen MR) is 101 cm³/mol. The summed E-state index contributed by atoms with van der Waals surface area (Å²) in [6, 6.07) is 9.66. The molecule has 1 aromatic carbocycles. The minimum Gasteiger partial charge on any atom is -0.495 e. The first-order valence-electron chi connectivity index (χ1n) is 8.45. The molecular weight excluding hydrogens is 370 g/mol. The number of methoxy groups -OCH3 is 1. The molecule has 0 N–H and O–H groups in total. The van der Waals surface area contributed by atoms with Crippen molar-refractivity contribution in [2.75, 3.05) is 43.2 Å². The van der Waals surface area contributed by atoms with Crippen LogP contribution in [0, 0.1) is 0 Å². The zero-order chi connectivity index (χ0) is 18.6. The summed E-state index contributed by atoms with van der Waals surface area (Å²) in [5, 5.41) is 8.37. The SMILES string of the molecule is COc1ccccc1N(c1cnc(N2CCOCC2)c(Cl)c1)c1nnco1. The van der Waals surface area contributed by atoms with Crippen LogP contribution >= 0.6 is 11.6 Å². The van der Waals surface area contributed by atoms with Crippen molar-refractivity contribution in [3.8, 4) is 5.75 Å². The molecule has 4 rings (SSSR count). The van der Waals surface area contributed by atoms with Gasteiger partial charge in [0.25, 0.3) is 0 Å². The molecule has 0 amide bonds. The Morgan fingerprint density at radius 1 is 1.22 bits per heavy atom. The van der Waals surface area contributed by atoms with E-state index in [0.717, 1.165) is 24.6 Å². The van der Waals surface area contributed by atoms with Gasteiger partial charge in [-0.1, -0.05) is 28.8 Å². The van der Waals surface area contributed by atoms with E-state index in [9.17, 15) is 0 Å². The normalized spacial score (nSPS) is 14.2. The summed E-state index contributed by atoms with van der Waals surface area (Å²) < 4.78 is 16.3. The van der Waals surface area contributed by atoms with Crippen molar-refractivity contribution in [2.24, 2.45) is 0 Å². The van der Waals surface area contributed by atoms with Crippen LogP contribution in [0.3, 0.4) is 0 Å². The maximum absolute atomic E-state index is 6.56. The van der Waals surface area contributed by atoms with Gasteiger partial charge < -0.3 is 18.8 Å². The number of rotatable bonds is 5. The van der Waals surface area contributed by atoms with Crippen LogP contribution < -0.4 is 14.5 Å². The van der Waals surface area contributed by atoms with Gasteiger partial charge in [0, 0.05) is 13.1 Å². The lowest BCUT2D eigenvalue weighted by Crippen LogP contribution is -2.37. The molecule has 3 aromatic rings. The molecule has 27 heavy (non-hydrogen) atoms. The Balaban J connectivity index is 1.76. The van der Waals surface area contributed by atoms with E-state index in [1.165, 1.54) is 6.39 Å². The number of para-hydroxylation sites is 2. The molecule has 0 bridgehead atoms. The Morgan fingerprint density at radius 3 is 2.74 bits per heavy atom. The summed E-state index contributed by atoms with van der Waals surface area (Å²) in [5.74, 6) is 1.39. The standard InChI is InChI=1S/C18H18ClN5O3/c1-25-16-5-3-2-4-15(16)24(18-22-21-12-27-18)13-10-14(19)17(20-11-13)23-6-8-26-9-7-23/h2-5,10-12H,6-9H2,1H3. The molecule has 0 aliphatic carbocycles. The van der Waals surface area contributed by atoms with Crippen LogP contribution in [0.4, 0.5) is 23.2 Å². The van der Waals surface area contributed by atoms with Crippen molar-refractivity contribution >= 4 is 34.8 Å². The molecular formula is C18H18ClN5O3. The minimum absolute atomic E-state index is 0.288. The Hall–Kier alpha value is -2.84. The van der Waals surface area contributed by atoms with Crippen LogP contribution in [0.1, 0.15) is 0 Å². The van der Waals surface area contributed by atoms with Crippen LogP contribution in [0.25, 0.3) is 0 Å². The number of pyridine rings is 1. The van der Waals surface area contributed by atoms with E-state index in [1.54, 1.807) is 18.2 Å². The summed E-state index contributed by atoms with van der Waals surface area (Å²) in [5.41, 5.74) is 1.42. The molecule has 0 atom stereocenters. The van der Waals surface area contributed by atoms with Gasteiger partial charge in [0.15, 0.2) is 0 Å². The molecule has 0 radical (unpaired) electrons. The van der Waals surface area contributed by atoms with Crippen molar-refractivity contribution < 1.29 is 13.9 Å². The summed E-state index contributed by atoms with van der Waals surface area (Å²) >= 11 is 6.56. The molecule has 9 heteroatoms. The van der Waals surface area contributed by atoms with E-state index in [4.69, 9.17) is 25.5 Å². The highest BCUT2D eigenvalue weighted by atomic mass is 35.5. The van der Waals surface area contributed by atoms with Gasteiger partial charge in [-0.2, -0.15) is 0 Å². The fraction of sp³-hybridized carbons (Fsp3) is 0.278. The summed E-state index contributed by atoms with van der Waals surface area (Å²) in [6.07, 6.45) is 3.00. The van der Waals surface area contributed by atoms with Crippen LogP contribution in [0.5, 0.6) is 5.75 Å². The fourth-order valence-corrected chi connectivity index (χ4v) is 3.26. The van der Waals surface area contributed by atoms with Crippen LogP contribution in [-0.2, 0) is 4.74 Å². The second kappa shape index (κ2) is 7.81. The van der Waals surface area contributed by atoms with Gasteiger partial charge in [0.1, 0.15) is 11.6 Å². The summed E-state index contributed by atoms with van der Waals surface area (Å²) in [4.78, 5) is 8.44. The Bertz CT molecular complexity index is 900. The largest absolute Gasteiger partial charge is 0.495 e. The number of nitrogens with zero attached hydrogens (tertiary/aromatic N) is 5.